The summed E-state index contributed by atoms with van der Waals surface area (Å²) in [7, 11) is 1.73. The molecule has 0 atom stereocenters. The number of hydrogen-bond acceptors (Lipinski definition) is 4. The zero-order chi connectivity index (χ0) is 21.5. The quantitative estimate of drug-likeness (QED) is 0.531. The maximum atomic E-state index is 13.6. The van der Waals surface area contributed by atoms with Gasteiger partial charge in [0.05, 0.1) is 17.9 Å². The van der Waals surface area contributed by atoms with Crippen LogP contribution in [0.2, 0.25) is 5.02 Å². The minimum atomic E-state index is -4.70. The fourth-order valence-electron chi connectivity index (χ4n) is 2.87. The molecule has 4 aromatic rings. The Hall–Kier alpha value is -3.40. The monoisotopic (exact) mass is 434 g/mol. The molecule has 30 heavy (non-hydrogen) atoms. The molecule has 0 aliphatic carbocycles. The van der Waals surface area contributed by atoms with Gasteiger partial charge in [-0.15, -0.1) is 0 Å². The Kier molecular flexibility index (Phi) is 4.94. The van der Waals surface area contributed by atoms with Gasteiger partial charge in [0.1, 0.15) is 0 Å². The van der Waals surface area contributed by atoms with Gasteiger partial charge in [0.25, 0.3) is 5.91 Å². The summed E-state index contributed by atoms with van der Waals surface area (Å²) >= 11 is 5.85. The molecule has 11 heteroatoms. The van der Waals surface area contributed by atoms with Crippen LogP contribution in [0, 0.1) is 0 Å². The Morgan fingerprint density at radius 1 is 1.13 bits per heavy atom. The maximum absolute atomic E-state index is 13.6. The van der Waals surface area contributed by atoms with Crippen LogP contribution in [-0.4, -0.2) is 30.3 Å². The molecule has 1 amide bonds. The number of hydrogen-bond donors (Lipinski definition) is 1. The molecule has 3 aromatic heterocycles. The van der Waals surface area contributed by atoms with Crippen molar-refractivity contribution < 1.29 is 18.0 Å². The molecule has 0 saturated heterocycles. The van der Waals surface area contributed by atoms with Gasteiger partial charge >= 0.3 is 6.18 Å². The molecule has 0 radical (unpaired) electrons. The van der Waals surface area contributed by atoms with Gasteiger partial charge in [-0.2, -0.15) is 23.4 Å². The van der Waals surface area contributed by atoms with Gasteiger partial charge in [0.2, 0.25) is 0 Å². The first-order valence-corrected chi connectivity index (χ1v) is 9.09. The third-order valence-electron chi connectivity index (χ3n) is 4.29. The van der Waals surface area contributed by atoms with E-state index >= 15 is 0 Å². The summed E-state index contributed by atoms with van der Waals surface area (Å²) in [5.74, 6) is -0.632. The smallest absolute Gasteiger partial charge is 0.345 e. The molecule has 4 rings (SSSR count). The Morgan fingerprint density at radius 3 is 2.50 bits per heavy atom. The van der Waals surface area contributed by atoms with Gasteiger partial charge in [-0.3, -0.25) is 9.48 Å². The first-order valence-electron chi connectivity index (χ1n) is 8.71. The van der Waals surface area contributed by atoms with Crippen LogP contribution < -0.4 is 5.32 Å². The van der Waals surface area contributed by atoms with E-state index in [0.717, 1.165) is 6.07 Å². The van der Waals surface area contributed by atoms with Crippen molar-refractivity contribution in [2.75, 3.05) is 0 Å². The van der Waals surface area contributed by atoms with E-state index < -0.39 is 17.8 Å². The molecule has 1 aromatic carbocycles. The summed E-state index contributed by atoms with van der Waals surface area (Å²) in [5, 5.41) is 11.0. The first-order chi connectivity index (χ1) is 14.2. The number of benzene rings is 1. The van der Waals surface area contributed by atoms with Crippen LogP contribution in [-0.2, 0) is 19.8 Å². The molecule has 0 bridgehead atoms. The van der Waals surface area contributed by atoms with Crippen molar-refractivity contribution >= 4 is 23.2 Å². The predicted octanol–water partition coefficient (Wildman–Crippen LogP) is 3.73. The van der Waals surface area contributed by atoms with Gasteiger partial charge in [0.15, 0.2) is 17.0 Å². The van der Waals surface area contributed by atoms with Crippen molar-refractivity contribution in [1.29, 1.82) is 0 Å². The zero-order valence-electron chi connectivity index (χ0n) is 15.5. The fourth-order valence-corrected chi connectivity index (χ4v) is 3.00. The number of nitrogens with zero attached hydrogens (tertiary/aromatic N) is 5. The number of aromatic nitrogens is 5. The highest BCUT2D eigenvalue weighted by Crippen LogP contribution is 2.32. The lowest BCUT2D eigenvalue weighted by Gasteiger charge is -2.11. The minimum Gasteiger partial charge on any atom is -0.345 e. The lowest BCUT2D eigenvalue weighted by atomic mass is 10.1. The van der Waals surface area contributed by atoms with Crippen LogP contribution in [0.4, 0.5) is 13.2 Å². The van der Waals surface area contributed by atoms with Crippen molar-refractivity contribution in [3.05, 3.63) is 70.8 Å². The molecule has 1 N–H and O–H groups in total. The highest BCUT2D eigenvalue weighted by Gasteiger charge is 2.35. The highest BCUT2D eigenvalue weighted by molar-refractivity contribution is 6.30. The number of carbonyl (C=O) groups is 1. The molecular weight excluding hydrogens is 421 g/mol. The van der Waals surface area contributed by atoms with Crippen LogP contribution in [0.3, 0.4) is 0 Å². The molecule has 0 aliphatic rings. The molecule has 0 spiro atoms. The standard InChI is InChI=1S/C19H14ClF3N6O/c1-28-7-6-13(26-28)10-24-18(30)15-9-17-25-14(11-2-4-12(20)5-3-11)8-16(19(21,22)23)29(17)27-15/h2-9H,10H2,1H3,(H,24,30). The molecular formula is C19H14ClF3N6O. The van der Waals surface area contributed by atoms with Gasteiger partial charge in [-0.05, 0) is 24.3 Å². The van der Waals surface area contributed by atoms with Crippen LogP contribution in [0.1, 0.15) is 21.9 Å². The number of carbonyl (C=O) groups excluding carboxylic acids is 1. The minimum absolute atomic E-state index is 0.0897. The summed E-state index contributed by atoms with van der Waals surface area (Å²) in [6.45, 7) is 0.114. The average Bonchev–Trinajstić information content (AvgIpc) is 3.31. The van der Waals surface area contributed by atoms with E-state index in [1.165, 1.54) is 6.07 Å². The third-order valence-corrected chi connectivity index (χ3v) is 4.54. The van der Waals surface area contributed by atoms with E-state index in [4.69, 9.17) is 11.6 Å². The predicted molar refractivity (Wildman–Crippen MR) is 103 cm³/mol. The lowest BCUT2D eigenvalue weighted by Crippen LogP contribution is -2.23. The van der Waals surface area contributed by atoms with Crippen LogP contribution >= 0.6 is 11.6 Å². The molecule has 154 valence electrons. The van der Waals surface area contributed by atoms with E-state index in [1.807, 2.05) is 0 Å². The number of alkyl halides is 3. The van der Waals surface area contributed by atoms with Crippen LogP contribution in [0.5, 0.6) is 0 Å². The van der Waals surface area contributed by atoms with Crippen LogP contribution in [0.25, 0.3) is 16.9 Å². The fraction of sp³-hybridized carbons (Fsp3) is 0.158. The molecule has 0 fully saturated rings. The zero-order valence-corrected chi connectivity index (χ0v) is 16.2. The van der Waals surface area contributed by atoms with Gasteiger partial charge in [-0.25, -0.2) is 9.50 Å². The Morgan fingerprint density at radius 2 is 1.87 bits per heavy atom. The van der Waals surface area contributed by atoms with Crippen molar-refractivity contribution in [3.8, 4) is 11.3 Å². The summed E-state index contributed by atoms with van der Waals surface area (Å²) in [6, 6.07) is 10.1. The van der Waals surface area contributed by atoms with E-state index in [9.17, 15) is 18.0 Å². The second kappa shape index (κ2) is 7.45. The summed E-state index contributed by atoms with van der Waals surface area (Å²) in [4.78, 5) is 16.6. The third kappa shape index (κ3) is 3.99. The number of aryl methyl sites for hydroxylation is 1. The second-order valence-corrected chi connectivity index (χ2v) is 6.93. The Labute approximate surface area is 173 Å². The number of amides is 1. The van der Waals surface area contributed by atoms with Gasteiger partial charge < -0.3 is 5.32 Å². The Balaban J connectivity index is 1.71. The molecule has 0 aliphatic heterocycles. The summed E-state index contributed by atoms with van der Waals surface area (Å²) in [5.41, 5.74) is -0.175. The second-order valence-electron chi connectivity index (χ2n) is 6.49. The topological polar surface area (TPSA) is 77.1 Å². The lowest BCUT2D eigenvalue weighted by molar-refractivity contribution is -0.142. The number of halogens is 4. The normalized spacial score (nSPS) is 11.8. The van der Waals surface area contributed by atoms with E-state index in [0.29, 0.717) is 20.8 Å². The molecule has 0 unspecified atom stereocenters. The molecule has 0 saturated carbocycles. The van der Waals surface area contributed by atoms with Crippen molar-refractivity contribution in [3.63, 3.8) is 0 Å². The van der Waals surface area contributed by atoms with Gasteiger partial charge in [0, 0.05) is 29.9 Å². The maximum Gasteiger partial charge on any atom is 0.433 e. The number of fused-ring (bicyclic) bond motifs is 1. The largest absolute Gasteiger partial charge is 0.433 e. The van der Waals surface area contributed by atoms with E-state index in [1.54, 1.807) is 48.3 Å². The van der Waals surface area contributed by atoms with Crippen molar-refractivity contribution in [1.82, 2.24) is 29.7 Å². The SMILES string of the molecule is Cn1ccc(CNC(=O)c2cc3nc(-c4ccc(Cl)cc4)cc(C(F)(F)F)n3n2)n1. The number of nitrogens with one attached hydrogen (secondary N) is 1. The summed E-state index contributed by atoms with van der Waals surface area (Å²) in [6.07, 6.45) is -2.99. The van der Waals surface area contributed by atoms with E-state index in [2.05, 4.69) is 20.5 Å². The van der Waals surface area contributed by atoms with Crippen molar-refractivity contribution in [2.24, 2.45) is 7.05 Å². The van der Waals surface area contributed by atoms with Crippen molar-refractivity contribution in [2.45, 2.75) is 12.7 Å². The van der Waals surface area contributed by atoms with E-state index in [-0.39, 0.29) is 23.6 Å². The number of rotatable bonds is 4. The first kappa shape index (κ1) is 19.9. The van der Waals surface area contributed by atoms with Crippen LogP contribution in [0.15, 0.2) is 48.7 Å². The Bertz CT molecular complexity index is 1230. The molecule has 7 nitrogen and oxygen atoms in total. The average molecular weight is 435 g/mol. The summed E-state index contributed by atoms with van der Waals surface area (Å²) < 4.78 is 43.1. The highest BCUT2D eigenvalue weighted by atomic mass is 35.5. The van der Waals surface area contributed by atoms with Gasteiger partial charge in [-0.1, -0.05) is 23.7 Å². The molecule has 3 heterocycles.